The summed E-state index contributed by atoms with van der Waals surface area (Å²) < 4.78 is 23.0. The molecule has 1 atom stereocenters. The van der Waals surface area contributed by atoms with Crippen molar-refractivity contribution in [1.29, 1.82) is 0 Å². The third-order valence-electron chi connectivity index (χ3n) is 4.25. The average molecular weight is 346 g/mol. The van der Waals surface area contributed by atoms with Crippen LogP contribution in [0.4, 0.5) is 0 Å². The minimum Gasteiger partial charge on any atom is -0.339 e. The van der Waals surface area contributed by atoms with Crippen LogP contribution in [0.2, 0.25) is 0 Å². The summed E-state index contributed by atoms with van der Waals surface area (Å²) in [6, 6.07) is 13.9. The summed E-state index contributed by atoms with van der Waals surface area (Å²) in [5.41, 5.74) is 2.78. The lowest BCUT2D eigenvalue weighted by molar-refractivity contribution is -0.131. The van der Waals surface area contributed by atoms with Gasteiger partial charge in [0.1, 0.15) is 0 Å². The lowest BCUT2D eigenvalue weighted by Crippen LogP contribution is -2.31. The number of nitrogens with two attached hydrogens (primary N) is 1. The summed E-state index contributed by atoms with van der Waals surface area (Å²) in [7, 11) is -2.05. The Bertz CT molecular complexity index is 847. The quantitative estimate of drug-likeness (QED) is 0.903. The summed E-state index contributed by atoms with van der Waals surface area (Å²) in [4.78, 5) is 14.2. The Morgan fingerprint density at radius 3 is 2.46 bits per heavy atom. The van der Waals surface area contributed by atoms with E-state index in [0.717, 1.165) is 16.7 Å². The predicted molar refractivity (Wildman–Crippen MR) is 93.9 cm³/mol. The molecule has 0 unspecified atom stereocenters. The van der Waals surface area contributed by atoms with Gasteiger partial charge >= 0.3 is 0 Å². The number of nitrogens with zero attached hydrogens (tertiary/aromatic N) is 1. The number of rotatable bonds is 5. The van der Waals surface area contributed by atoms with Gasteiger partial charge in [0.25, 0.3) is 0 Å². The van der Waals surface area contributed by atoms with Crippen LogP contribution in [0.25, 0.3) is 0 Å². The molecule has 2 rings (SSSR count). The largest absolute Gasteiger partial charge is 0.339 e. The second-order valence-corrected chi connectivity index (χ2v) is 7.46. The molecule has 0 saturated heterocycles. The summed E-state index contributed by atoms with van der Waals surface area (Å²) in [6.45, 7) is 3.83. The minimum absolute atomic E-state index is 0.0298. The second kappa shape index (κ2) is 7.15. The first kappa shape index (κ1) is 18.2. The molecule has 0 bridgehead atoms. The maximum Gasteiger partial charge on any atom is 0.238 e. The van der Waals surface area contributed by atoms with E-state index >= 15 is 0 Å². The fraction of sp³-hybridized carbons (Fsp3) is 0.278. The van der Waals surface area contributed by atoms with Gasteiger partial charge in [-0.2, -0.15) is 0 Å². The molecule has 0 saturated carbocycles. The van der Waals surface area contributed by atoms with Gasteiger partial charge in [-0.1, -0.05) is 36.4 Å². The number of primary sulfonamides is 1. The molecule has 5 nitrogen and oxygen atoms in total. The summed E-state index contributed by atoms with van der Waals surface area (Å²) in [5, 5.41) is 5.17. The van der Waals surface area contributed by atoms with E-state index in [1.807, 2.05) is 38.1 Å². The number of likely N-dealkylation sites (N-methyl/N-ethyl adjacent to an activating group) is 1. The smallest absolute Gasteiger partial charge is 0.238 e. The van der Waals surface area contributed by atoms with Crippen LogP contribution in [0.3, 0.4) is 0 Å². The van der Waals surface area contributed by atoms with Gasteiger partial charge in [0, 0.05) is 7.05 Å². The van der Waals surface area contributed by atoms with E-state index in [4.69, 9.17) is 5.14 Å². The third-order valence-corrected chi connectivity index (χ3v) is 5.16. The Morgan fingerprint density at radius 1 is 1.17 bits per heavy atom. The Hall–Kier alpha value is -2.18. The topological polar surface area (TPSA) is 80.5 Å². The zero-order chi connectivity index (χ0) is 17.9. The van der Waals surface area contributed by atoms with Crippen LogP contribution >= 0.6 is 0 Å². The summed E-state index contributed by atoms with van der Waals surface area (Å²) in [6.07, 6.45) is 0.308. The van der Waals surface area contributed by atoms with Crippen LogP contribution in [0.1, 0.15) is 29.7 Å². The van der Waals surface area contributed by atoms with Crippen molar-refractivity contribution < 1.29 is 13.2 Å². The van der Waals surface area contributed by atoms with Crippen LogP contribution in [0, 0.1) is 6.92 Å². The molecule has 1 amide bonds. The van der Waals surface area contributed by atoms with Crippen molar-refractivity contribution in [2.24, 2.45) is 5.14 Å². The molecule has 6 heteroatoms. The molecular weight excluding hydrogens is 324 g/mol. The van der Waals surface area contributed by atoms with Gasteiger partial charge in [-0.25, -0.2) is 13.6 Å². The SMILES string of the molecule is Cc1ccccc1CC(=O)N(C)[C@H](C)c1cccc(S(N)(=O)=O)c1. The maximum absolute atomic E-state index is 12.5. The van der Waals surface area contributed by atoms with E-state index < -0.39 is 10.0 Å². The number of hydrogen-bond acceptors (Lipinski definition) is 3. The van der Waals surface area contributed by atoms with Crippen molar-refractivity contribution in [2.45, 2.75) is 31.2 Å². The molecule has 0 aromatic heterocycles. The summed E-state index contributed by atoms with van der Waals surface area (Å²) >= 11 is 0. The summed E-state index contributed by atoms with van der Waals surface area (Å²) in [5.74, 6) is -0.0298. The van der Waals surface area contributed by atoms with Crippen molar-refractivity contribution in [3.63, 3.8) is 0 Å². The lowest BCUT2D eigenvalue weighted by atomic mass is 10.0. The molecule has 0 fully saturated rings. The number of hydrogen-bond donors (Lipinski definition) is 1. The van der Waals surface area contributed by atoms with E-state index in [1.54, 1.807) is 24.1 Å². The van der Waals surface area contributed by atoms with E-state index in [-0.39, 0.29) is 16.8 Å². The van der Waals surface area contributed by atoms with Gasteiger partial charge in [0.15, 0.2) is 0 Å². The van der Waals surface area contributed by atoms with Crippen molar-refractivity contribution in [3.05, 3.63) is 65.2 Å². The molecule has 24 heavy (non-hydrogen) atoms. The van der Waals surface area contributed by atoms with Crippen LogP contribution < -0.4 is 5.14 Å². The molecule has 0 spiro atoms. The van der Waals surface area contributed by atoms with Crippen LogP contribution in [0.5, 0.6) is 0 Å². The first-order valence-electron chi connectivity index (χ1n) is 7.63. The average Bonchev–Trinajstić information content (AvgIpc) is 2.55. The second-order valence-electron chi connectivity index (χ2n) is 5.90. The molecule has 0 aliphatic carbocycles. The fourth-order valence-corrected chi connectivity index (χ4v) is 3.06. The number of aryl methyl sites for hydroxylation is 1. The number of carbonyl (C=O) groups is 1. The van der Waals surface area contributed by atoms with Crippen LogP contribution in [0.15, 0.2) is 53.4 Å². The third kappa shape index (κ3) is 4.21. The Balaban J connectivity index is 2.19. The number of amides is 1. The Kier molecular flexibility index (Phi) is 5.41. The lowest BCUT2D eigenvalue weighted by Gasteiger charge is -2.26. The van der Waals surface area contributed by atoms with Crippen LogP contribution in [-0.2, 0) is 21.2 Å². The van der Waals surface area contributed by atoms with Gasteiger partial charge < -0.3 is 4.90 Å². The normalized spacial score (nSPS) is 12.7. The van der Waals surface area contributed by atoms with Crippen LogP contribution in [-0.4, -0.2) is 26.3 Å². The maximum atomic E-state index is 12.5. The van der Waals surface area contributed by atoms with E-state index in [0.29, 0.717) is 6.42 Å². The first-order valence-corrected chi connectivity index (χ1v) is 9.17. The molecular formula is C18H22N2O3S. The Morgan fingerprint density at radius 2 is 1.83 bits per heavy atom. The Labute approximate surface area is 143 Å². The zero-order valence-electron chi connectivity index (χ0n) is 14.1. The highest BCUT2D eigenvalue weighted by Crippen LogP contribution is 2.22. The van der Waals surface area contributed by atoms with Gasteiger partial charge in [-0.15, -0.1) is 0 Å². The molecule has 2 aromatic rings. The van der Waals surface area contributed by atoms with E-state index in [2.05, 4.69) is 0 Å². The van der Waals surface area contributed by atoms with E-state index in [1.165, 1.54) is 12.1 Å². The van der Waals surface area contributed by atoms with E-state index in [9.17, 15) is 13.2 Å². The molecule has 0 heterocycles. The highest BCUT2D eigenvalue weighted by molar-refractivity contribution is 7.89. The molecule has 2 aromatic carbocycles. The van der Waals surface area contributed by atoms with Crippen molar-refractivity contribution in [3.8, 4) is 0 Å². The molecule has 128 valence electrons. The molecule has 2 N–H and O–H groups in total. The zero-order valence-corrected chi connectivity index (χ0v) is 14.9. The molecule has 0 aliphatic heterocycles. The molecule has 0 aliphatic rings. The predicted octanol–water partition coefficient (Wildman–Crippen LogP) is 2.40. The highest BCUT2D eigenvalue weighted by Gasteiger charge is 2.19. The van der Waals surface area contributed by atoms with Crippen molar-refractivity contribution >= 4 is 15.9 Å². The number of sulfonamides is 1. The van der Waals surface area contributed by atoms with Gasteiger partial charge in [0.2, 0.25) is 15.9 Å². The van der Waals surface area contributed by atoms with Crippen molar-refractivity contribution in [2.75, 3.05) is 7.05 Å². The fourth-order valence-electron chi connectivity index (χ4n) is 2.49. The van der Waals surface area contributed by atoms with Crippen molar-refractivity contribution in [1.82, 2.24) is 4.90 Å². The molecule has 0 radical (unpaired) electrons. The monoisotopic (exact) mass is 346 g/mol. The first-order chi connectivity index (χ1) is 11.2. The standard InChI is InChI=1S/C18H22N2O3S/c1-13-7-4-5-8-15(13)12-18(21)20(3)14(2)16-9-6-10-17(11-16)24(19,22)23/h4-11,14H,12H2,1-3H3,(H2,19,22,23)/t14-/m1/s1. The van der Waals surface area contributed by atoms with Gasteiger partial charge in [-0.05, 0) is 42.7 Å². The number of carbonyl (C=O) groups excluding carboxylic acids is 1. The highest BCUT2D eigenvalue weighted by atomic mass is 32.2. The van der Waals surface area contributed by atoms with Gasteiger partial charge in [0.05, 0.1) is 17.4 Å². The van der Waals surface area contributed by atoms with Gasteiger partial charge in [-0.3, -0.25) is 4.79 Å². The number of benzene rings is 2. The minimum atomic E-state index is -3.76.